The van der Waals surface area contributed by atoms with Crippen molar-refractivity contribution in [2.24, 2.45) is 5.92 Å². The molecule has 1 aromatic carbocycles. The van der Waals surface area contributed by atoms with Gasteiger partial charge in [-0.05, 0) is 57.9 Å². The molecule has 0 aliphatic carbocycles. The molecular formula is C22H36O. The van der Waals surface area contributed by atoms with Crippen molar-refractivity contribution in [2.75, 3.05) is 0 Å². The summed E-state index contributed by atoms with van der Waals surface area (Å²) in [4.78, 5) is 0. The van der Waals surface area contributed by atoms with Crippen molar-refractivity contribution in [3.8, 4) is 0 Å². The summed E-state index contributed by atoms with van der Waals surface area (Å²) < 4.78 is 0. The first kappa shape index (κ1) is 20.0. The molecule has 1 nitrogen and oxygen atoms in total. The van der Waals surface area contributed by atoms with Crippen LogP contribution in [-0.4, -0.2) is 10.7 Å². The third-order valence-electron chi connectivity index (χ3n) is 4.55. The molecule has 0 aliphatic heterocycles. The van der Waals surface area contributed by atoms with Gasteiger partial charge >= 0.3 is 0 Å². The molecule has 0 radical (unpaired) electrons. The Bertz CT molecular complexity index is 440. The predicted octanol–water partition coefficient (Wildman–Crippen LogP) is 6.31. The summed E-state index contributed by atoms with van der Waals surface area (Å²) in [5.41, 5.74) is 2.18. The second-order valence-electron chi connectivity index (χ2n) is 7.57. The van der Waals surface area contributed by atoms with Crippen molar-refractivity contribution in [1.29, 1.82) is 0 Å². The van der Waals surface area contributed by atoms with E-state index in [2.05, 4.69) is 57.2 Å². The first-order chi connectivity index (χ1) is 10.9. The van der Waals surface area contributed by atoms with Gasteiger partial charge in [0.15, 0.2) is 0 Å². The van der Waals surface area contributed by atoms with Gasteiger partial charge < -0.3 is 5.11 Å². The number of allylic oxidation sites excluding steroid dienone is 2. The molecule has 1 heteroatoms. The summed E-state index contributed by atoms with van der Waals surface area (Å²) >= 11 is 0. The summed E-state index contributed by atoms with van der Waals surface area (Å²) in [7, 11) is 0. The van der Waals surface area contributed by atoms with E-state index in [9.17, 15) is 5.11 Å². The Morgan fingerprint density at radius 3 is 2.48 bits per heavy atom. The molecule has 0 bridgehead atoms. The Balaban J connectivity index is 2.61. The number of hydrogen-bond donors (Lipinski definition) is 1. The van der Waals surface area contributed by atoms with Gasteiger partial charge in [-0.2, -0.15) is 0 Å². The van der Waals surface area contributed by atoms with Gasteiger partial charge in [-0.25, -0.2) is 0 Å². The molecule has 2 unspecified atom stereocenters. The van der Waals surface area contributed by atoms with E-state index in [0.717, 1.165) is 25.7 Å². The molecule has 0 spiro atoms. The number of benzene rings is 1. The fourth-order valence-corrected chi connectivity index (χ4v) is 3.30. The molecular weight excluding hydrogens is 280 g/mol. The average Bonchev–Trinajstić information content (AvgIpc) is 2.47. The molecule has 0 amide bonds. The van der Waals surface area contributed by atoms with Crippen LogP contribution >= 0.6 is 0 Å². The molecule has 0 aromatic heterocycles. The summed E-state index contributed by atoms with van der Waals surface area (Å²) in [6.07, 6.45) is 11.1. The maximum Gasteiger partial charge on any atom is 0.0625 e. The monoisotopic (exact) mass is 316 g/mol. The lowest BCUT2D eigenvalue weighted by molar-refractivity contribution is 0.0245. The third-order valence-corrected chi connectivity index (χ3v) is 4.55. The summed E-state index contributed by atoms with van der Waals surface area (Å²) in [5, 5.41) is 10.8. The predicted molar refractivity (Wildman–Crippen MR) is 102 cm³/mol. The highest BCUT2D eigenvalue weighted by Crippen LogP contribution is 2.28. The molecule has 1 rings (SSSR count). The number of aliphatic hydroxyl groups is 1. The second-order valence-corrected chi connectivity index (χ2v) is 7.57. The van der Waals surface area contributed by atoms with Gasteiger partial charge in [-0.1, -0.05) is 74.6 Å². The normalized spacial score (nSPS) is 15.0. The Labute approximate surface area is 143 Å². The lowest BCUT2D eigenvalue weighted by atomic mass is 9.82. The molecule has 1 N–H and O–H groups in total. The van der Waals surface area contributed by atoms with Crippen molar-refractivity contribution in [3.05, 3.63) is 47.5 Å². The smallest absolute Gasteiger partial charge is 0.0625 e. The van der Waals surface area contributed by atoms with E-state index in [4.69, 9.17) is 0 Å². The van der Waals surface area contributed by atoms with E-state index in [-0.39, 0.29) is 0 Å². The van der Waals surface area contributed by atoms with E-state index < -0.39 is 5.60 Å². The fourth-order valence-electron chi connectivity index (χ4n) is 3.30. The Hall–Kier alpha value is -1.08. The maximum absolute atomic E-state index is 10.8. The largest absolute Gasteiger partial charge is 0.390 e. The van der Waals surface area contributed by atoms with E-state index >= 15 is 0 Å². The molecule has 0 saturated carbocycles. The van der Waals surface area contributed by atoms with Crippen LogP contribution in [0.5, 0.6) is 0 Å². The minimum absolute atomic E-state index is 0.558. The van der Waals surface area contributed by atoms with Crippen LogP contribution < -0.4 is 0 Å². The first-order valence-corrected chi connectivity index (χ1v) is 9.32. The minimum atomic E-state index is -0.558. The van der Waals surface area contributed by atoms with Crippen molar-refractivity contribution in [3.63, 3.8) is 0 Å². The van der Waals surface area contributed by atoms with Gasteiger partial charge in [0.2, 0.25) is 0 Å². The highest BCUT2D eigenvalue weighted by molar-refractivity contribution is 5.15. The molecule has 130 valence electrons. The van der Waals surface area contributed by atoms with Gasteiger partial charge in [-0.3, -0.25) is 0 Å². The zero-order chi connectivity index (χ0) is 17.1. The Morgan fingerprint density at radius 1 is 1.17 bits per heavy atom. The van der Waals surface area contributed by atoms with Gasteiger partial charge in [0, 0.05) is 0 Å². The third kappa shape index (κ3) is 9.61. The number of rotatable bonds is 11. The van der Waals surface area contributed by atoms with Crippen LogP contribution in [0, 0.1) is 5.92 Å². The maximum atomic E-state index is 10.8. The van der Waals surface area contributed by atoms with Crippen LogP contribution in [0.4, 0.5) is 0 Å². The van der Waals surface area contributed by atoms with Crippen molar-refractivity contribution >= 4 is 0 Å². The summed E-state index contributed by atoms with van der Waals surface area (Å²) in [6.45, 7) is 8.51. The van der Waals surface area contributed by atoms with Crippen LogP contribution in [0.15, 0.2) is 42.0 Å². The Morgan fingerprint density at radius 2 is 1.87 bits per heavy atom. The SMILES string of the molecule is CCCCCC(Cc1ccccc1)CC(C)(O)CCC=C(C)C. The minimum Gasteiger partial charge on any atom is -0.390 e. The number of hydrogen-bond acceptors (Lipinski definition) is 1. The standard InChI is InChI=1S/C22H36O/c1-5-6-8-15-21(17-20-13-9-7-10-14-20)18-22(4,23)16-11-12-19(2)3/h7,9-10,12-14,21,23H,5-6,8,11,15-18H2,1-4H3. The van der Waals surface area contributed by atoms with E-state index in [1.54, 1.807) is 0 Å². The Kier molecular flexibility index (Phi) is 9.24. The number of unbranched alkanes of at least 4 members (excludes halogenated alkanes) is 2. The molecule has 0 aliphatic rings. The molecule has 0 saturated heterocycles. The van der Waals surface area contributed by atoms with E-state index in [0.29, 0.717) is 5.92 Å². The highest BCUT2D eigenvalue weighted by atomic mass is 16.3. The first-order valence-electron chi connectivity index (χ1n) is 9.32. The lowest BCUT2D eigenvalue weighted by Crippen LogP contribution is -2.28. The van der Waals surface area contributed by atoms with Crippen LogP contribution in [0.2, 0.25) is 0 Å². The van der Waals surface area contributed by atoms with Crippen LogP contribution in [0.25, 0.3) is 0 Å². The average molecular weight is 317 g/mol. The summed E-state index contributed by atoms with van der Waals surface area (Å²) in [5.74, 6) is 0.575. The van der Waals surface area contributed by atoms with Gasteiger partial charge in [0.25, 0.3) is 0 Å². The zero-order valence-corrected chi connectivity index (χ0v) is 15.6. The molecule has 0 fully saturated rings. The van der Waals surface area contributed by atoms with Crippen molar-refractivity contribution in [2.45, 2.75) is 84.7 Å². The van der Waals surface area contributed by atoms with Crippen LogP contribution in [-0.2, 0) is 6.42 Å². The molecule has 23 heavy (non-hydrogen) atoms. The van der Waals surface area contributed by atoms with Crippen molar-refractivity contribution in [1.82, 2.24) is 0 Å². The highest BCUT2D eigenvalue weighted by Gasteiger charge is 2.24. The second kappa shape index (κ2) is 10.6. The van der Waals surface area contributed by atoms with E-state index in [1.165, 1.54) is 36.8 Å². The summed E-state index contributed by atoms with van der Waals surface area (Å²) in [6, 6.07) is 10.7. The van der Waals surface area contributed by atoms with Gasteiger partial charge in [0.1, 0.15) is 0 Å². The van der Waals surface area contributed by atoms with Gasteiger partial charge in [0.05, 0.1) is 5.60 Å². The van der Waals surface area contributed by atoms with Gasteiger partial charge in [-0.15, -0.1) is 0 Å². The van der Waals surface area contributed by atoms with Crippen molar-refractivity contribution < 1.29 is 5.11 Å². The van der Waals surface area contributed by atoms with Crippen LogP contribution in [0.3, 0.4) is 0 Å². The lowest BCUT2D eigenvalue weighted by Gasteiger charge is -2.29. The zero-order valence-electron chi connectivity index (χ0n) is 15.6. The topological polar surface area (TPSA) is 20.2 Å². The molecule has 0 heterocycles. The quantitative estimate of drug-likeness (QED) is 0.374. The fraction of sp³-hybridized carbons (Fsp3) is 0.636. The van der Waals surface area contributed by atoms with E-state index in [1.807, 2.05) is 6.92 Å². The molecule has 1 aromatic rings. The molecule has 2 atom stereocenters. The van der Waals surface area contributed by atoms with Crippen LogP contribution in [0.1, 0.15) is 78.2 Å².